The molecule has 3 N–H and O–H groups in total. The predicted molar refractivity (Wildman–Crippen MR) is 77.1 cm³/mol. The largest absolute Gasteiger partial charge is 1.00 e. The van der Waals surface area contributed by atoms with Gasteiger partial charge in [0, 0.05) is 23.7 Å². The molecule has 6 heteroatoms. The van der Waals surface area contributed by atoms with Crippen LogP contribution >= 0.6 is 11.6 Å². The second kappa shape index (κ2) is 7.88. The van der Waals surface area contributed by atoms with Crippen molar-refractivity contribution in [2.24, 2.45) is 0 Å². The number of nitrogens with one attached hydrogen (secondary N) is 1. The van der Waals surface area contributed by atoms with Crippen LogP contribution in [-0.2, 0) is 13.1 Å². The summed E-state index contributed by atoms with van der Waals surface area (Å²) in [5, 5.41) is 22.2. The van der Waals surface area contributed by atoms with Crippen LogP contribution in [0.4, 0.5) is 0 Å². The number of carboxylic acids is 1. The Balaban J connectivity index is 0.00000220. The van der Waals surface area contributed by atoms with Crippen LogP contribution in [0.5, 0.6) is 5.75 Å². The number of halogens is 2. The molecule has 21 heavy (non-hydrogen) atoms. The molecule has 0 radical (unpaired) electrons. The maximum atomic E-state index is 10.7. The lowest BCUT2D eigenvalue weighted by atomic mass is 10.1. The van der Waals surface area contributed by atoms with Gasteiger partial charge in [-0.15, -0.1) is 0 Å². The summed E-state index contributed by atoms with van der Waals surface area (Å²) in [6.45, 7) is 1.05. The Kier molecular flexibility index (Phi) is 6.49. The lowest BCUT2D eigenvalue weighted by molar-refractivity contribution is -0.0000205. The van der Waals surface area contributed by atoms with Crippen molar-refractivity contribution in [2.75, 3.05) is 0 Å². The Morgan fingerprint density at radius 1 is 1.10 bits per heavy atom. The van der Waals surface area contributed by atoms with E-state index in [9.17, 15) is 9.90 Å². The molecule has 0 unspecified atom stereocenters. The molecule has 0 bridgehead atoms. The molecule has 2 aromatic carbocycles. The average molecular weight is 327 g/mol. The van der Waals surface area contributed by atoms with Gasteiger partial charge in [-0.2, -0.15) is 0 Å². The zero-order chi connectivity index (χ0) is 14.5. The molecule has 0 aliphatic carbocycles. The van der Waals surface area contributed by atoms with Gasteiger partial charge in [0.1, 0.15) is 5.75 Å². The molecule has 0 fully saturated rings. The SMILES string of the molecule is O=C(O)c1ccc(CNCc2cc(Cl)ccc2O)cc1.[Cl-]. The third kappa shape index (κ3) is 4.93. The highest BCUT2D eigenvalue weighted by Gasteiger charge is 2.03. The van der Waals surface area contributed by atoms with Crippen molar-refractivity contribution < 1.29 is 27.4 Å². The van der Waals surface area contributed by atoms with Crippen LogP contribution in [0.15, 0.2) is 42.5 Å². The fraction of sp³-hybridized carbons (Fsp3) is 0.133. The molecule has 0 aromatic heterocycles. The molecule has 0 aliphatic rings. The molecule has 2 aromatic rings. The third-order valence-corrected chi connectivity index (χ3v) is 3.12. The van der Waals surface area contributed by atoms with E-state index in [0.29, 0.717) is 18.1 Å². The number of rotatable bonds is 5. The van der Waals surface area contributed by atoms with E-state index in [1.807, 2.05) is 0 Å². The summed E-state index contributed by atoms with van der Waals surface area (Å²) in [6.07, 6.45) is 0. The monoisotopic (exact) mass is 326 g/mol. The number of aromatic hydroxyl groups is 1. The van der Waals surface area contributed by atoms with Crippen LogP contribution in [0, 0.1) is 0 Å². The molecular formula is C15H14Cl2NO3-. The zero-order valence-electron chi connectivity index (χ0n) is 11.0. The molecule has 0 atom stereocenters. The first-order chi connectivity index (χ1) is 9.56. The number of hydrogen-bond donors (Lipinski definition) is 3. The maximum Gasteiger partial charge on any atom is 0.335 e. The second-order valence-electron chi connectivity index (χ2n) is 4.38. The highest BCUT2D eigenvalue weighted by molar-refractivity contribution is 6.30. The van der Waals surface area contributed by atoms with Gasteiger partial charge in [0.2, 0.25) is 0 Å². The Morgan fingerprint density at radius 2 is 1.76 bits per heavy atom. The van der Waals surface area contributed by atoms with Crippen molar-refractivity contribution in [3.63, 3.8) is 0 Å². The normalized spacial score (nSPS) is 9.95. The lowest BCUT2D eigenvalue weighted by Crippen LogP contribution is -3.00. The van der Waals surface area contributed by atoms with Crippen molar-refractivity contribution in [2.45, 2.75) is 13.1 Å². The predicted octanol–water partition coefficient (Wildman–Crippen LogP) is 0.0376. The number of phenolic OH excluding ortho intramolecular Hbond substituents is 1. The van der Waals surface area contributed by atoms with Gasteiger partial charge in [-0.1, -0.05) is 23.7 Å². The fourth-order valence-corrected chi connectivity index (χ4v) is 2.00. The molecule has 112 valence electrons. The fourth-order valence-electron chi connectivity index (χ4n) is 1.80. The minimum absolute atomic E-state index is 0. The number of carboxylic acid groups (broad SMARTS) is 1. The summed E-state index contributed by atoms with van der Waals surface area (Å²) < 4.78 is 0. The minimum atomic E-state index is -0.937. The number of hydrogen-bond acceptors (Lipinski definition) is 3. The molecular weight excluding hydrogens is 313 g/mol. The van der Waals surface area contributed by atoms with Gasteiger partial charge in [0.05, 0.1) is 5.56 Å². The van der Waals surface area contributed by atoms with E-state index in [0.717, 1.165) is 11.1 Å². The summed E-state index contributed by atoms with van der Waals surface area (Å²) in [7, 11) is 0. The molecule has 2 rings (SSSR count). The van der Waals surface area contributed by atoms with Crippen LogP contribution in [0.3, 0.4) is 0 Å². The van der Waals surface area contributed by atoms with Crippen LogP contribution < -0.4 is 17.7 Å². The Bertz CT molecular complexity index is 615. The number of carbonyl (C=O) groups is 1. The molecule has 0 saturated carbocycles. The first kappa shape index (κ1) is 17.3. The standard InChI is InChI=1S/C15H14ClNO3.ClH/c16-13-5-6-14(18)12(7-13)9-17-8-10-1-3-11(4-2-10)15(19)20;/h1-7,17-18H,8-9H2,(H,19,20);1H/p-1. The van der Waals surface area contributed by atoms with Crippen molar-refractivity contribution in [3.8, 4) is 5.75 Å². The molecule has 0 aliphatic heterocycles. The molecule has 0 saturated heterocycles. The van der Waals surface area contributed by atoms with Gasteiger partial charge in [-0.25, -0.2) is 4.79 Å². The van der Waals surface area contributed by atoms with Gasteiger partial charge < -0.3 is 27.9 Å². The van der Waals surface area contributed by atoms with E-state index in [1.54, 1.807) is 42.5 Å². The Morgan fingerprint density at radius 3 is 2.38 bits per heavy atom. The van der Waals surface area contributed by atoms with Crippen molar-refractivity contribution in [1.82, 2.24) is 5.32 Å². The van der Waals surface area contributed by atoms with Crippen LogP contribution in [0.2, 0.25) is 5.02 Å². The van der Waals surface area contributed by atoms with Crippen molar-refractivity contribution in [1.29, 1.82) is 0 Å². The number of phenols is 1. The van der Waals surface area contributed by atoms with Gasteiger partial charge in [-0.3, -0.25) is 0 Å². The molecule has 0 spiro atoms. The maximum absolute atomic E-state index is 10.7. The summed E-state index contributed by atoms with van der Waals surface area (Å²) in [5.41, 5.74) is 1.96. The third-order valence-electron chi connectivity index (χ3n) is 2.89. The average Bonchev–Trinajstić information content (AvgIpc) is 2.43. The summed E-state index contributed by atoms with van der Waals surface area (Å²) in [6, 6.07) is 11.5. The van der Waals surface area contributed by atoms with Gasteiger partial charge in [0.25, 0.3) is 0 Å². The van der Waals surface area contributed by atoms with E-state index in [2.05, 4.69) is 5.32 Å². The lowest BCUT2D eigenvalue weighted by Gasteiger charge is -2.07. The summed E-state index contributed by atoms with van der Waals surface area (Å²) >= 11 is 5.87. The highest BCUT2D eigenvalue weighted by Crippen LogP contribution is 2.21. The van der Waals surface area contributed by atoms with Gasteiger partial charge in [-0.05, 0) is 35.9 Å². The van der Waals surface area contributed by atoms with E-state index in [-0.39, 0.29) is 23.7 Å². The summed E-state index contributed by atoms with van der Waals surface area (Å²) in [4.78, 5) is 10.7. The first-order valence-corrected chi connectivity index (χ1v) is 6.44. The van der Waals surface area contributed by atoms with Crippen LogP contribution in [-0.4, -0.2) is 16.2 Å². The topological polar surface area (TPSA) is 69.6 Å². The minimum Gasteiger partial charge on any atom is -1.00 e. The van der Waals surface area contributed by atoms with Crippen molar-refractivity contribution in [3.05, 3.63) is 64.2 Å². The van der Waals surface area contributed by atoms with Crippen LogP contribution in [0.25, 0.3) is 0 Å². The number of aromatic carboxylic acids is 1. The van der Waals surface area contributed by atoms with Gasteiger partial charge in [0.15, 0.2) is 0 Å². The zero-order valence-corrected chi connectivity index (χ0v) is 12.5. The van der Waals surface area contributed by atoms with E-state index in [1.165, 1.54) is 0 Å². The molecule has 0 heterocycles. The second-order valence-corrected chi connectivity index (χ2v) is 4.82. The van der Waals surface area contributed by atoms with Crippen LogP contribution in [0.1, 0.15) is 21.5 Å². The van der Waals surface area contributed by atoms with Crippen molar-refractivity contribution >= 4 is 17.6 Å². The molecule has 4 nitrogen and oxygen atoms in total. The van der Waals surface area contributed by atoms with E-state index in [4.69, 9.17) is 16.7 Å². The Labute approximate surface area is 133 Å². The Hall–Kier alpha value is -1.75. The smallest absolute Gasteiger partial charge is 0.335 e. The highest BCUT2D eigenvalue weighted by atomic mass is 35.5. The quantitative estimate of drug-likeness (QED) is 0.725. The van der Waals surface area contributed by atoms with Gasteiger partial charge >= 0.3 is 5.97 Å². The summed E-state index contributed by atoms with van der Waals surface area (Å²) in [5.74, 6) is -0.739. The molecule has 0 amide bonds. The van der Waals surface area contributed by atoms with E-state index < -0.39 is 5.97 Å². The van der Waals surface area contributed by atoms with E-state index >= 15 is 0 Å². The number of benzene rings is 2. The first-order valence-electron chi connectivity index (χ1n) is 6.06.